The van der Waals surface area contributed by atoms with Crippen molar-refractivity contribution in [2.24, 2.45) is 5.84 Å². The number of nitrogens with one attached hydrogen (secondary N) is 1. The first-order valence-electron chi connectivity index (χ1n) is 5.90. The Balaban J connectivity index is 2.50. The second kappa shape index (κ2) is 6.02. The molecule has 0 saturated carbocycles. The molecule has 0 fully saturated rings. The lowest BCUT2D eigenvalue weighted by Gasteiger charge is -2.11. The van der Waals surface area contributed by atoms with Gasteiger partial charge in [-0.05, 0) is 22.9 Å². The van der Waals surface area contributed by atoms with Crippen LogP contribution in [-0.2, 0) is 6.54 Å². The molecule has 0 saturated heterocycles. The minimum absolute atomic E-state index is 0.117. The number of halogens is 1. The van der Waals surface area contributed by atoms with Crippen LogP contribution in [-0.4, -0.2) is 14.5 Å². The highest BCUT2D eigenvalue weighted by Gasteiger charge is 2.17. The third-order valence-corrected chi connectivity index (χ3v) is 3.88. The first-order chi connectivity index (χ1) is 9.95. The molecule has 0 spiro atoms. The summed E-state index contributed by atoms with van der Waals surface area (Å²) in [5.74, 6) is 5.37. The number of hydrogen-bond acceptors (Lipinski definition) is 6. The fourth-order valence-electron chi connectivity index (χ4n) is 1.88. The first kappa shape index (κ1) is 15.1. The van der Waals surface area contributed by atoms with Gasteiger partial charge in [-0.3, -0.25) is 25.3 Å². The quantitative estimate of drug-likeness (QED) is 0.489. The minimum Gasteiger partial charge on any atom is -0.318 e. The van der Waals surface area contributed by atoms with Crippen LogP contribution >= 0.6 is 15.9 Å². The van der Waals surface area contributed by atoms with Crippen LogP contribution in [0.1, 0.15) is 11.3 Å². The SMILES string of the molecule is Cc1ncn(Cc2cccc([N+](=O)[O-])c2NN)c(=O)c1Br. The number of aromatic nitrogens is 2. The summed E-state index contributed by atoms with van der Waals surface area (Å²) in [6, 6.07) is 4.53. The van der Waals surface area contributed by atoms with Crippen molar-refractivity contribution in [2.45, 2.75) is 13.5 Å². The summed E-state index contributed by atoms with van der Waals surface area (Å²) in [7, 11) is 0. The molecule has 0 aliphatic heterocycles. The van der Waals surface area contributed by atoms with E-state index in [0.717, 1.165) is 0 Å². The van der Waals surface area contributed by atoms with Crippen LogP contribution in [0.5, 0.6) is 0 Å². The van der Waals surface area contributed by atoms with Gasteiger partial charge in [-0.25, -0.2) is 4.98 Å². The van der Waals surface area contributed by atoms with Crippen molar-refractivity contribution in [1.82, 2.24) is 9.55 Å². The van der Waals surface area contributed by atoms with Gasteiger partial charge in [0.2, 0.25) is 0 Å². The Labute approximate surface area is 127 Å². The molecule has 0 amide bonds. The summed E-state index contributed by atoms with van der Waals surface area (Å²) >= 11 is 3.17. The second-order valence-corrected chi connectivity index (χ2v) is 5.08. The predicted molar refractivity (Wildman–Crippen MR) is 80.9 cm³/mol. The number of para-hydroxylation sites is 1. The maximum absolute atomic E-state index is 12.1. The van der Waals surface area contributed by atoms with Crippen LogP contribution in [0.4, 0.5) is 11.4 Å². The summed E-state index contributed by atoms with van der Waals surface area (Å²) in [6.07, 6.45) is 1.39. The molecule has 1 heterocycles. The van der Waals surface area contributed by atoms with E-state index in [1.807, 2.05) is 0 Å². The summed E-state index contributed by atoms with van der Waals surface area (Å²) in [4.78, 5) is 26.6. The number of nitrogens with zero attached hydrogens (tertiary/aromatic N) is 3. The molecule has 2 aromatic rings. The first-order valence-corrected chi connectivity index (χ1v) is 6.69. The van der Waals surface area contributed by atoms with Gasteiger partial charge in [0.15, 0.2) is 0 Å². The zero-order valence-corrected chi connectivity index (χ0v) is 12.6. The number of nitro benzene ring substituents is 1. The van der Waals surface area contributed by atoms with Crippen LogP contribution in [0.2, 0.25) is 0 Å². The highest BCUT2D eigenvalue weighted by atomic mass is 79.9. The van der Waals surface area contributed by atoms with Crippen molar-refractivity contribution in [1.29, 1.82) is 0 Å². The minimum atomic E-state index is -0.537. The largest absolute Gasteiger partial charge is 0.318 e. The number of hydrazine groups is 1. The number of nitrogens with two attached hydrogens (primary N) is 1. The molecule has 1 aromatic heterocycles. The Kier molecular flexibility index (Phi) is 4.34. The molecule has 0 radical (unpaired) electrons. The zero-order chi connectivity index (χ0) is 15.6. The molecule has 0 atom stereocenters. The third-order valence-electron chi connectivity index (χ3n) is 2.97. The monoisotopic (exact) mass is 353 g/mol. The van der Waals surface area contributed by atoms with Gasteiger partial charge in [-0.1, -0.05) is 12.1 Å². The standard InChI is InChI=1S/C12H12BrN5O3/c1-7-10(13)12(19)17(6-15-7)5-8-3-2-4-9(18(20)21)11(8)16-14/h2-4,6,16H,5,14H2,1H3. The number of anilines is 1. The average Bonchev–Trinajstić information content (AvgIpc) is 2.47. The fourth-order valence-corrected chi connectivity index (χ4v) is 2.21. The van der Waals surface area contributed by atoms with Crippen LogP contribution in [0, 0.1) is 17.0 Å². The number of aryl methyl sites for hydroxylation is 1. The lowest BCUT2D eigenvalue weighted by Crippen LogP contribution is -2.23. The molecule has 0 bridgehead atoms. The summed E-state index contributed by atoms with van der Waals surface area (Å²) < 4.78 is 1.70. The molecule has 0 aliphatic rings. The highest BCUT2D eigenvalue weighted by molar-refractivity contribution is 9.10. The van der Waals surface area contributed by atoms with E-state index in [1.165, 1.54) is 23.0 Å². The van der Waals surface area contributed by atoms with Gasteiger partial charge in [0.1, 0.15) is 10.2 Å². The van der Waals surface area contributed by atoms with E-state index >= 15 is 0 Å². The van der Waals surface area contributed by atoms with E-state index in [1.54, 1.807) is 13.0 Å². The predicted octanol–water partition coefficient (Wildman–Crippen LogP) is 1.56. The average molecular weight is 354 g/mol. The maximum Gasteiger partial charge on any atom is 0.293 e. The maximum atomic E-state index is 12.1. The number of benzene rings is 1. The normalized spacial score (nSPS) is 10.4. The molecular formula is C12H12BrN5O3. The molecule has 21 heavy (non-hydrogen) atoms. The van der Waals surface area contributed by atoms with Crippen molar-refractivity contribution in [3.63, 3.8) is 0 Å². The third kappa shape index (κ3) is 2.93. The second-order valence-electron chi connectivity index (χ2n) is 4.29. The Hall–Kier alpha value is -2.26. The molecule has 110 valence electrons. The molecule has 0 unspecified atom stereocenters. The van der Waals surface area contributed by atoms with Crippen LogP contribution in [0.3, 0.4) is 0 Å². The molecule has 9 heteroatoms. The van der Waals surface area contributed by atoms with Gasteiger partial charge >= 0.3 is 0 Å². The van der Waals surface area contributed by atoms with Crippen molar-refractivity contribution in [2.75, 3.05) is 5.43 Å². The van der Waals surface area contributed by atoms with Crippen molar-refractivity contribution >= 4 is 27.3 Å². The topological polar surface area (TPSA) is 116 Å². The van der Waals surface area contributed by atoms with Gasteiger partial charge in [0, 0.05) is 11.6 Å². The van der Waals surface area contributed by atoms with E-state index in [0.29, 0.717) is 15.7 Å². The van der Waals surface area contributed by atoms with E-state index in [9.17, 15) is 14.9 Å². The molecular weight excluding hydrogens is 342 g/mol. The lowest BCUT2D eigenvalue weighted by atomic mass is 10.1. The van der Waals surface area contributed by atoms with Gasteiger partial charge in [-0.2, -0.15) is 0 Å². The van der Waals surface area contributed by atoms with Crippen molar-refractivity contribution in [3.05, 3.63) is 60.7 Å². The van der Waals surface area contributed by atoms with Crippen molar-refractivity contribution < 1.29 is 4.92 Å². The Morgan fingerprint density at radius 3 is 2.86 bits per heavy atom. The molecule has 8 nitrogen and oxygen atoms in total. The van der Waals surface area contributed by atoms with Gasteiger partial charge < -0.3 is 5.43 Å². The van der Waals surface area contributed by atoms with E-state index in [-0.39, 0.29) is 23.5 Å². The summed E-state index contributed by atoms with van der Waals surface area (Å²) in [6.45, 7) is 1.82. The summed E-state index contributed by atoms with van der Waals surface area (Å²) in [5, 5.41) is 11.0. The molecule has 1 aromatic carbocycles. The summed E-state index contributed by atoms with van der Waals surface area (Å²) in [5.41, 5.74) is 3.17. The lowest BCUT2D eigenvalue weighted by molar-refractivity contribution is -0.384. The smallest absolute Gasteiger partial charge is 0.293 e. The van der Waals surface area contributed by atoms with Crippen molar-refractivity contribution in [3.8, 4) is 0 Å². The number of hydrogen-bond donors (Lipinski definition) is 2. The van der Waals surface area contributed by atoms with E-state index < -0.39 is 4.92 Å². The molecule has 2 rings (SSSR count). The number of rotatable bonds is 4. The Bertz CT molecular complexity index is 759. The van der Waals surface area contributed by atoms with Gasteiger partial charge in [-0.15, -0.1) is 0 Å². The van der Waals surface area contributed by atoms with Crippen LogP contribution in [0.15, 0.2) is 33.8 Å². The van der Waals surface area contributed by atoms with Crippen LogP contribution < -0.4 is 16.8 Å². The van der Waals surface area contributed by atoms with E-state index in [4.69, 9.17) is 5.84 Å². The van der Waals surface area contributed by atoms with Crippen LogP contribution in [0.25, 0.3) is 0 Å². The van der Waals surface area contributed by atoms with Gasteiger partial charge in [0.05, 0.1) is 23.5 Å². The number of nitrogen functional groups attached to an aromatic ring is 1. The Morgan fingerprint density at radius 1 is 1.52 bits per heavy atom. The Morgan fingerprint density at radius 2 is 2.24 bits per heavy atom. The highest BCUT2D eigenvalue weighted by Crippen LogP contribution is 2.27. The molecule has 3 N–H and O–H groups in total. The molecule has 0 aliphatic carbocycles. The van der Waals surface area contributed by atoms with E-state index in [2.05, 4.69) is 26.3 Å². The number of nitro groups is 1. The van der Waals surface area contributed by atoms with Gasteiger partial charge in [0.25, 0.3) is 11.2 Å². The zero-order valence-electron chi connectivity index (χ0n) is 11.0. The fraction of sp³-hybridized carbons (Fsp3) is 0.167.